The molecule has 148 valence electrons. The molecule has 2 heterocycles. The van der Waals surface area contributed by atoms with Crippen LogP contribution in [-0.2, 0) is 11.3 Å². The number of ether oxygens (including phenoxy) is 1. The molecular weight excluding hydrogens is 360 g/mol. The number of para-hydroxylation sites is 1. The van der Waals surface area contributed by atoms with E-state index in [1.54, 1.807) is 12.0 Å². The number of benzene rings is 1. The van der Waals surface area contributed by atoms with Crippen LogP contribution in [0.2, 0.25) is 0 Å². The van der Waals surface area contributed by atoms with Gasteiger partial charge in [-0.3, -0.25) is 9.69 Å². The molecule has 2 fully saturated rings. The predicted molar refractivity (Wildman–Crippen MR) is 100 cm³/mol. The highest BCUT2D eigenvalue weighted by atomic mass is 16.5. The SMILES string of the molecule is CCN1C(=O)C2CCCCC2N(Cc2nc(-c3ccccc3OC)no2)C1=O. The molecule has 0 spiro atoms. The van der Waals surface area contributed by atoms with Crippen LogP contribution in [0.15, 0.2) is 28.8 Å². The molecule has 1 aromatic carbocycles. The second-order valence-electron chi connectivity index (χ2n) is 7.16. The molecule has 1 saturated carbocycles. The summed E-state index contributed by atoms with van der Waals surface area (Å²) in [5.41, 5.74) is 0.728. The Morgan fingerprint density at radius 1 is 1.21 bits per heavy atom. The van der Waals surface area contributed by atoms with Crippen molar-refractivity contribution in [3.8, 4) is 17.1 Å². The second-order valence-corrected chi connectivity index (χ2v) is 7.16. The van der Waals surface area contributed by atoms with Gasteiger partial charge in [0.2, 0.25) is 17.6 Å². The molecule has 0 bridgehead atoms. The fraction of sp³-hybridized carbons (Fsp3) is 0.500. The van der Waals surface area contributed by atoms with Crippen molar-refractivity contribution >= 4 is 11.9 Å². The highest BCUT2D eigenvalue weighted by Crippen LogP contribution is 2.35. The Hall–Kier alpha value is -2.90. The predicted octanol–water partition coefficient (Wildman–Crippen LogP) is 3.09. The van der Waals surface area contributed by atoms with Gasteiger partial charge in [0.05, 0.1) is 18.6 Å². The summed E-state index contributed by atoms with van der Waals surface area (Å²) >= 11 is 0. The van der Waals surface area contributed by atoms with Crippen molar-refractivity contribution in [2.24, 2.45) is 5.92 Å². The van der Waals surface area contributed by atoms with E-state index < -0.39 is 0 Å². The van der Waals surface area contributed by atoms with Crippen LogP contribution in [0, 0.1) is 5.92 Å². The normalized spacial score (nSPS) is 22.4. The topological polar surface area (TPSA) is 88.8 Å². The molecule has 2 atom stereocenters. The summed E-state index contributed by atoms with van der Waals surface area (Å²) in [7, 11) is 1.59. The molecule has 2 unspecified atom stereocenters. The van der Waals surface area contributed by atoms with Crippen LogP contribution in [0.3, 0.4) is 0 Å². The molecule has 28 heavy (non-hydrogen) atoms. The Morgan fingerprint density at radius 3 is 2.79 bits per heavy atom. The van der Waals surface area contributed by atoms with Gasteiger partial charge >= 0.3 is 6.03 Å². The molecular formula is C20H24N4O4. The Morgan fingerprint density at radius 2 is 2.00 bits per heavy atom. The third-order valence-corrected chi connectivity index (χ3v) is 5.63. The highest BCUT2D eigenvalue weighted by molar-refractivity contribution is 5.98. The molecule has 2 aliphatic rings. The largest absolute Gasteiger partial charge is 0.496 e. The van der Waals surface area contributed by atoms with Crippen molar-refractivity contribution in [3.05, 3.63) is 30.2 Å². The Bertz CT molecular complexity index is 881. The van der Waals surface area contributed by atoms with Crippen molar-refractivity contribution in [1.82, 2.24) is 19.9 Å². The minimum atomic E-state index is -0.271. The van der Waals surface area contributed by atoms with E-state index in [1.165, 1.54) is 4.90 Å². The van der Waals surface area contributed by atoms with Gasteiger partial charge in [-0.2, -0.15) is 4.98 Å². The summed E-state index contributed by atoms with van der Waals surface area (Å²) in [5, 5.41) is 4.06. The van der Waals surface area contributed by atoms with E-state index >= 15 is 0 Å². The van der Waals surface area contributed by atoms with Gasteiger partial charge < -0.3 is 14.2 Å². The van der Waals surface area contributed by atoms with Gasteiger partial charge in [-0.15, -0.1) is 0 Å². The number of nitrogens with zero attached hydrogens (tertiary/aromatic N) is 4. The van der Waals surface area contributed by atoms with E-state index in [2.05, 4.69) is 10.1 Å². The van der Waals surface area contributed by atoms with Gasteiger partial charge in [0.1, 0.15) is 12.3 Å². The molecule has 1 saturated heterocycles. The molecule has 2 aromatic rings. The highest BCUT2D eigenvalue weighted by Gasteiger charge is 2.46. The summed E-state index contributed by atoms with van der Waals surface area (Å²) in [5.74, 6) is 1.24. The molecule has 1 aromatic heterocycles. The van der Waals surface area contributed by atoms with Crippen LogP contribution >= 0.6 is 0 Å². The number of imide groups is 1. The van der Waals surface area contributed by atoms with Crippen LogP contribution in [0.1, 0.15) is 38.5 Å². The lowest BCUT2D eigenvalue weighted by molar-refractivity contribution is -0.140. The number of rotatable bonds is 5. The zero-order chi connectivity index (χ0) is 19.7. The number of methoxy groups -OCH3 is 1. The van der Waals surface area contributed by atoms with Gasteiger partial charge in [-0.05, 0) is 31.9 Å². The third-order valence-electron chi connectivity index (χ3n) is 5.63. The van der Waals surface area contributed by atoms with E-state index in [4.69, 9.17) is 9.26 Å². The summed E-state index contributed by atoms with van der Waals surface area (Å²) in [6.45, 7) is 2.39. The Balaban J connectivity index is 1.60. The lowest BCUT2D eigenvalue weighted by atomic mass is 9.81. The first kappa shape index (κ1) is 18.5. The zero-order valence-electron chi connectivity index (χ0n) is 16.1. The molecule has 8 heteroatoms. The fourth-order valence-electron chi connectivity index (χ4n) is 4.24. The third kappa shape index (κ3) is 3.12. The Kier molecular flexibility index (Phi) is 5.02. The fourth-order valence-corrected chi connectivity index (χ4v) is 4.24. The first-order valence-electron chi connectivity index (χ1n) is 9.72. The van der Waals surface area contributed by atoms with Gasteiger partial charge in [0.15, 0.2) is 0 Å². The van der Waals surface area contributed by atoms with Crippen molar-refractivity contribution in [2.45, 2.75) is 45.2 Å². The average molecular weight is 384 g/mol. The van der Waals surface area contributed by atoms with Gasteiger partial charge in [-0.1, -0.05) is 30.1 Å². The van der Waals surface area contributed by atoms with Gasteiger partial charge in [0.25, 0.3) is 0 Å². The summed E-state index contributed by atoms with van der Waals surface area (Å²) < 4.78 is 10.8. The van der Waals surface area contributed by atoms with E-state index in [0.717, 1.165) is 31.2 Å². The summed E-state index contributed by atoms with van der Waals surface area (Å²) in [6.07, 6.45) is 3.68. The van der Waals surface area contributed by atoms with E-state index in [-0.39, 0.29) is 30.4 Å². The second kappa shape index (κ2) is 7.61. The van der Waals surface area contributed by atoms with Crippen molar-refractivity contribution in [3.63, 3.8) is 0 Å². The molecule has 8 nitrogen and oxygen atoms in total. The van der Waals surface area contributed by atoms with Crippen LogP contribution in [0.5, 0.6) is 5.75 Å². The standard InChI is InChI=1S/C20H24N4O4/c1-3-23-19(25)13-8-4-6-10-15(13)24(20(23)26)12-17-21-18(22-28-17)14-9-5-7-11-16(14)27-2/h5,7,9,11,13,15H,3-4,6,8,10,12H2,1-2H3. The number of fused-ring (bicyclic) bond motifs is 1. The molecule has 0 radical (unpaired) electrons. The monoisotopic (exact) mass is 384 g/mol. The molecule has 0 N–H and O–H groups in total. The number of carbonyl (C=O) groups is 2. The first-order valence-corrected chi connectivity index (χ1v) is 9.72. The number of urea groups is 1. The van der Waals surface area contributed by atoms with Gasteiger partial charge in [-0.25, -0.2) is 4.79 Å². The summed E-state index contributed by atoms with van der Waals surface area (Å²) in [4.78, 5) is 33.1. The van der Waals surface area contributed by atoms with Crippen LogP contribution in [-0.4, -0.2) is 51.6 Å². The van der Waals surface area contributed by atoms with Crippen molar-refractivity contribution in [1.29, 1.82) is 0 Å². The maximum absolute atomic E-state index is 12.9. The quantitative estimate of drug-likeness (QED) is 0.787. The van der Waals surface area contributed by atoms with E-state index in [0.29, 0.717) is 24.0 Å². The van der Waals surface area contributed by atoms with Crippen molar-refractivity contribution < 1.29 is 18.8 Å². The smallest absolute Gasteiger partial charge is 0.327 e. The number of aromatic nitrogens is 2. The van der Waals surface area contributed by atoms with Crippen molar-refractivity contribution in [2.75, 3.05) is 13.7 Å². The molecule has 3 amide bonds. The maximum Gasteiger partial charge on any atom is 0.327 e. The number of hydrogen-bond acceptors (Lipinski definition) is 6. The number of amides is 3. The minimum absolute atomic E-state index is 0.0475. The number of hydrogen-bond donors (Lipinski definition) is 0. The molecule has 1 aliphatic heterocycles. The molecule has 1 aliphatic carbocycles. The van der Waals surface area contributed by atoms with Crippen LogP contribution < -0.4 is 4.74 Å². The zero-order valence-corrected chi connectivity index (χ0v) is 16.1. The Labute approximate surface area is 163 Å². The number of carbonyl (C=O) groups excluding carboxylic acids is 2. The van der Waals surface area contributed by atoms with Crippen LogP contribution in [0.4, 0.5) is 4.79 Å². The van der Waals surface area contributed by atoms with E-state index in [9.17, 15) is 9.59 Å². The van der Waals surface area contributed by atoms with Crippen LogP contribution in [0.25, 0.3) is 11.4 Å². The molecule has 4 rings (SSSR count). The summed E-state index contributed by atoms with van der Waals surface area (Å²) in [6, 6.07) is 7.06. The lowest BCUT2D eigenvalue weighted by Gasteiger charge is -2.46. The van der Waals surface area contributed by atoms with Gasteiger partial charge in [0, 0.05) is 12.6 Å². The maximum atomic E-state index is 12.9. The van der Waals surface area contributed by atoms with E-state index in [1.807, 2.05) is 31.2 Å². The first-order chi connectivity index (χ1) is 13.6. The minimum Gasteiger partial charge on any atom is -0.496 e. The average Bonchev–Trinajstić information content (AvgIpc) is 3.20. The lowest BCUT2D eigenvalue weighted by Crippen LogP contribution is -2.61.